The molecule has 0 aromatic heterocycles. The number of nitrogens with zero attached hydrogens (tertiary/aromatic N) is 1. The molecule has 19 heavy (non-hydrogen) atoms. The van der Waals surface area contributed by atoms with Gasteiger partial charge in [0.15, 0.2) is 0 Å². The molecule has 0 saturated heterocycles. The fourth-order valence-corrected chi connectivity index (χ4v) is 1.75. The van der Waals surface area contributed by atoms with E-state index >= 15 is 0 Å². The summed E-state index contributed by atoms with van der Waals surface area (Å²) in [7, 11) is 0. The van der Waals surface area contributed by atoms with Crippen LogP contribution in [0.4, 0.5) is 0 Å². The summed E-state index contributed by atoms with van der Waals surface area (Å²) in [6.07, 6.45) is 0.319. The van der Waals surface area contributed by atoms with E-state index in [1.54, 1.807) is 6.07 Å². The minimum atomic E-state index is -0.153. The van der Waals surface area contributed by atoms with E-state index in [-0.39, 0.29) is 5.91 Å². The lowest BCUT2D eigenvalue weighted by Crippen LogP contribution is -2.24. The molecular weight excluding hydrogens is 236 g/mol. The van der Waals surface area contributed by atoms with E-state index in [1.807, 2.05) is 48.5 Å². The zero-order valence-electron chi connectivity index (χ0n) is 10.4. The largest absolute Gasteiger partial charge is 0.351 e. The molecule has 2 rings (SSSR count). The van der Waals surface area contributed by atoms with Crippen LogP contribution in [0.25, 0.3) is 11.1 Å². The Bertz CT molecular complexity index is 600. The van der Waals surface area contributed by atoms with Crippen LogP contribution in [-0.2, 0) is 0 Å². The molecule has 0 atom stereocenters. The Balaban J connectivity index is 2.16. The molecule has 93 valence electrons. The van der Waals surface area contributed by atoms with Crippen molar-refractivity contribution in [3.8, 4) is 17.2 Å². The first kappa shape index (κ1) is 12.8. The van der Waals surface area contributed by atoms with Crippen molar-refractivity contribution in [3.63, 3.8) is 0 Å². The van der Waals surface area contributed by atoms with Gasteiger partial charge in [-0.2, -0.15) is 5.26 Å². The predicted octanol–water partition coefficient (Wildman–Crippen LogP) is 2.80. The zero-order chi connectivity index (χ0) is 13.5. The third kappa shape index (κ3) is 3.43. The van der Waals surface area contributed by atoms with Crippen LogP contribution < -0.4 is 5.32 Å². The Morgan fingerprint density at radius 1 is 1.21 bits per heavy atom. The first-order valence-corrected chi connectivity index (χ1v) is 6.03. The topological polar surface area (TPSA) is 52.9 Å². The Morgan fingerprint density at radius 2 is 2.00 bits per heavy atom. The number of rotatable bonds is 4. The standard InChI is InChI=1S/C16H13N2O/c17-10-5-11-18-16(19)15-9-4-8-14(12-15)13-6-2-1-3-7-13/h2-4,6-9,12H,5,11H2,(H,18,19). The van der Waals surface area contributed by atoms with Gasteiger partial charge in [-0.3, -0.25) is 4.79 Å². The molecule has 0 fully saturated rings. The maximum Gasteiger partial charge on any atom is 0.251 e. The summed E-state index contributed by atoms with van der Waals surface area (Å²) in [5.41, 5.74) is 2.63. The van der Waals surface area contributed by atoms with E-state index in [9.17, 15) is 4.79 Å². The van der Waals surface area contributed by atoms with Gasteiger partial charge < -0.3 is 5.32 Å². The van der Waals surface area contributed by atoms with Crippen LogP contribution in [0.5, 0.6) is 0 Å². The maximum absolute atomic E-state index is 11.9. The molecule has 2 aromatic rings. The van der Waals surface area contributed by atoms with Crippen molar-refractivity contribution in [3.05, 3.63) is 60.2 Å². The van der Waals surface area contributed by atoms with Crippen LogP contribution in [0.2, 0.25) is 0 Å². The van der Waals surface area contributed by atoms with Crippen LogP contribution in [0.15, 0.2) is 48.5 Å². The fraction of sp³-hybridized carbons (Fsp3) is 0.125. The third-order valence-corrected chi connectivity index (χ3v) is 2.70. The summed E-state index contributed by atoms with van der Waals surface area (Å²) >= 11 is 0. The highest BCUT2D eigenvalue weighted by molar-refractivity contribution is 5.95. The van der Waals surface area contributed by atoms with Gasteiger partial charge in [-0.15, -0.1) is 0 Å². The summed E-state index contributed by atoms with van der Waals surface area (Å²) in [6.45, 7) is 0.375. The first-order chi connectivity index (χ1) is 9.31. The highest BCUT2D eigenvalue weighted by atomic mass is 16.1. The molecule has 3 heteroatoms. The SMILES string of the molecule is N#CCCNC(=O)c1cccc(-c2cc[c]cc2)c1. The quantitative estimate of drug-likeness (QED) is 0.847. The molecule has 0 aliphatic rings. The number of nitrogens with one attached hydrogen (secondary N) is 1. The van der Waals surface area contributed by atoms with E-state index in [4.69, 9.17) is 5.26 Å². The van der Waals surface area contributed by atoms with Crippen LogP contribution in [-0.4, -0.2) is 12.5 Å². The normalized spacial score (nSPS) is 9.63. The predicted molar refractivity (Wildman–Crippen MR) is 73.3 cm³/mol. The molecule has 0 unspecified atom stereocenters. The van der Waals surface area contributed by atoms with Gasteiger partial charge in [-0.25, -0.2) is 0 Å². The number of hydrogen-bond donors (Lipinski definition) is 1. The van der Waals surface area contributed by atoms with Crippen molar-refractivity contribution in [2.75, 3.05) is 6.54 Å². The molecular formula is C16H13N2O. The molecule has 0 saturated carbocycles. The second-order valence-corrected chi connectivity index (χ2v) is 4.03. The lowest BCUT2D eigenvalue weighted by molar-refractivity contribution is 0.0954. The van der Waals surface area contributed by atoms with Gasteiger partial charge in [-0.1, -0.05) is 36.4 Å². The zero-order valence-corrected chi connectivity index (χ0v) is 10.4. The summed E-state index contributed by atoms with van der Waals surface area (Å²) < 4.78 is 0. The van der Waals surface area contributed by atoms with E-state index in [1.165, 1.54) is 0 Å². The average molecular weight is 249 g/mol. The monoisotopic (exact) mass is 249 g/mol. The molecule has 0 bridgehead atoms. The molecule has 3 nitrogen and oxygen atoms in total. The van der Waals surface area contributed by atoms with Crippen molar-refractivity contribution in [1.82, 2.24) is 5.32 Å². The Morgan fingerprint density at radius 3 is 2.74 bits per heavy atom. The summed E-state index contributed by atoms with van der Waals surface area (Å²) in [4.78, 5) is 11.9. The van der Waals surface area contributed by atoms with E-state index in [0.29, 0.717) is 18.5 Å². The molecule has 0 aliphatic carbocycles. The Hall–Kier alpha value is -2.60. The summed E-state index contributed by atoms with van der Waals surface area (Å²) in [5.74, 6) is -0.153. The van der Waals surface area contributed by atoms with Crippen LogP contribution in [0, 0.1) is 17.4 Å². The number of carbonyl (C=O) groups excluding carboxylic acids is 1. The number of nitriles is 1. The minimum absolute atomic E-state index is 0.153. The van der Waals surface area contributed by atoms with Crippen molar-refractivity contribution < 1.29 is 4.79 Å². The van der Waals surface area contributed by atoms with E-state index < -0.39 is 0 Å². The lowest BCUT2D eigenvalue weighted by atomic mass is 10.0. The van der Waals surface area contributed by atoms with Crippen molar-refractivity contribution in [1.29, 1.82) is 5.26 Å². The van der Waals surface area contributed by atoms with Gasteiger partial charge in [0.25, 0.3) is 5.91 Å². The molecule has 0 aliphatic heterocycles. The molecule has 0 spiro atoms. The lowest BCUT2D eigenvalue weighted by Gasteiger charge is -2.06. The Kier molecular flexibility index (Phi) is 4.30. The molecule has 1 amide bonds. The molecule has 0 heterocycles. The van der Waals surface area contributed by atoms with Crippen molar-refractivity contribution in [2.24, 2.45) is 0 Å². The molecule has 1 N–H and O–H groups in total. The first-order valence-electron chi connectivity index (χ1n) is 6.03. The van der Waals surface area contributed by atoms with Crippen LogP contribution in [0.3, 0.4) is 0 Å². The minimum Gasteiger partial charge on any atom is -0.351 e. The van der Waals surface area contributed by atoms with Gasteiger partial charge in [-0.05, 0) is 29.3 Å². The number of amides is 1. The van der Waals surface area contributed by atoms with E-state index in [2.05, 4.69) is 11.4 Å². The second-order valence-electron chi connectivity index (χ2n) is 4.03. The maximum atomic E-state index is 11.9. The average Bonchev–Trinajstić information content (AvgIpc) is 2.48. The second kappa shape index (κ2) is 6.36. The van der Waals surface area contributed by atoms with Crippen LogP contribution in [0.1, 0.15) is 16.8 Å². The molecule has 2 aromatic carbocycles. The summed E-state index contributed by atoms with van der Waals surface area (Å²) in [6, 6.07) is 20.0. The highest BCUT2D eigenvalue weighted by Crippen LogP contribution is 2.19. The van der Waals surface area contributed by atoms with Gasteiger partial charge in [0.2, 0.25) is 0 Å². The van der Waals surface area contributed by atoms with Crippen LogP contribution >= 0.6 is 0 Å². The van der Waals surface area contributed by atoms with Gasteiger partial charge in [0.1, 0.15) is 0 Å². The Labute approximate surface area is 112 Å². The number of hydrogen-bond acceptors (Lipinski definition) is 2. The van der Waals surface area contributed by atoms with Gasteiger partial charge in [0, 0.05) is 12.1 Å². The smallest absolute Gasteiger partial charge is 0.251 e. The highest BCUT2D eigenvalue weighted by Gasteiger charge is 2.06. The van der Waals surface area contributed by atoms with Crippen molar-refractivity contribution in [2.45, 2.75) is 6.42 Å². The molecule has 1 radical (unpaired) electrons. The third-order valence-electron chi connectivity index (χ3n) is 2.70. The summed E-state index contributed by atoms with van der Waals surface area (Å²) in [5, 5.41) is 11.1. The van der Waals surface area contributed by atoms with E-state index in [0.717, 1.165) is 11.1 Å². The van der Waals surface area contributed by atoms with Crippen molar-refractivity contribution >= 4 is 5.91 Å². The number of carbonyl (C=O) groups is 1. The number of benzene rings is 2. The van der Waals surface area contributed by atoms with Gasteiger partial charge >= 0.3 is 0 Å². The fourth-order valence-electron chi connectivity index (χ4n) is 1.75. The van der Waals surface area contributed by atoms with Gasteiger partial charge in [0.05, 0.1) is 12.5 Å².